The number of rotatable bonds is 6. The van der Waals surface area contributed by atoms with Crippen molar-refractivity contribution in [3.05, 3.63) is 53.8 Å². The molecule has 0 spiro atoms. The zero-order chi connectivity index (χ0) is 22.1. The van der Waals surface area contributed by atoms with Gasteiger partial charge in [0.05, 0.1) is 25.1 Å². The lowest BCUT2D eigenvalue weighted by Gasteiger charge is -2.38. The molecule has 9 heteroatoms. The Bertz CT molecular complexity index is 1060. The number of sulfonamides is 1. The van der Waals surface area contributed by atoms with Gasteiger partial charge in [-0.05, 0) is 44.2 Å². The van der Waals surface area contributed by atoms with Gasteiger partial charge in [-0.3, -0.25) is 9.10 Å². The first-order chi connectivity index (χ1) is 14.0. The lowest BCUT2D eigenvalue weighted by Crippen LogP contribution is -2.45. The second kappa shape index (κ2) is 8.14. The summed E-state index contributed by atoms with van der Waals surface area (Å²) in [4.78, 5) is 12.8. The summed E-state index contributed by atoms with van der Waals surface area (Å²) in [7, 11) is -2.24. The Labute approximate surface area is 175 Å². The number of hydrogen-bond donors (Lipinski definition) is 1. The van der Waals surface area contributed by atoms with Crippen molar-refractivity contribution >= 4 is 21.6 Å². The van der Waals surface area contributed by atoms with E-state index in [2.05, 4.69) is 5.32 Å². The summed E-state index contributed by atoms with van der Waals surface area (Å²) in [5.41, 5.74) is 0.321. The monoisotopic (exact) mass is 436 g/mol. The Morgan fingerprint density at radius 1 is 1.30 bits per heavy atom. The molecule has 1 N–H and O–H groups in total. The van der Waals surface area contributed by atoms with E-state index >= 15 is 0 Å². The summed E-state index contributed by atoms with van der Waals surface area (Å²) in [6.45, 7) is 3.35. The minimum absolute atomic E-state index is 0.0880. The highest BCUT2D eigenvalue weighted by molar-refractivity contribution is 7.92. The second-order valence-corrected chi connectivity index (χ2v) is 9.75. The predicted octanol–water partition coefficient (Wildman–Crippen LogP) is 3.02. The van der Waals surface area contributed by atoms with Crippen molar-refractivity contribution in [3.63, 3.8) is 0 Å². The second-order valence-electron chi connectivity index (χ2n) is 7.84. The molecule has 0 aliphatic carbocycles. The Hall–Kier alpha value is -2.81. The van der Waals surface area contributed by atoms with E-state index in [4.69, 9.17) is 9.47 Å². The summed E-state index contributed by atoms with van der Waals surface area (Å²) in [6.07, 6.45) is 1.47. The van der Waals surface area contributed by atoms with Crippen LogP contribution in [0.4, 0.5) is 10.1 Å². The molecule has 1 heterocycles. The van der Waals surface area contributed by atoms with Crippen LogP contribution in [0, 0.1) is 5.82 Å². The van der Waals surface area contributed by atoms with Crippen molar-refractivity contribution < 1.29 is 27.1 Å². The highest BCUT2D eigenvalue weighted by Crippen LogP contribution is 2.41. The molecule has 0 fully saturated rings. The van der Waals surface area contributed by atoms with Gasteiger partial charge in [0.15, 0.2) is 0 Å². The first kappa shape index (κ1) is 21.9. The van der Waals surface area contributed by atoms with E-state index < -0.39 is 33.9 Å². The van der Waals surface area contributed by atoms with E-state index in [1.165, 1.54) is 18.2 Å². The molecular weight excluding hydrogens is 411 g/mol. The maximum atomic E-state index is 13.6. The van der Waals surface area contributed by atoms with E-state index in [0.717, 1.165) is 22.2 Å². The van der Waals surface area contributed by atoms with Crippen molar-refractivity contribution in [1.82, 2.24) is 5.32 Å². The minimum Gasteiger partial charge on any atom is -0.497 e. The lowest BCUT2D eigenvalue weighted by atomic mass is 9.89. The number of carbonyl (C=O) groups is 1. The van der Waals surface area contributed by atoms with Gasteiger partial charge in [-0.2, -0.15) is 0 Å². The van der Waals surface area contributed by atoms with Gasteiger partial charge in [-0.25, -0.2) is 12.8 Å². The van der Waals surface area contributed by atoms with Gasteiger partial charge in [0.1, 0.15) is 29.5 Å². The van der Waals surface area contributed by atoms with Gasteiger partial charge in [-0.15, -0.1) is 0 Å². The van der Waals surface area contributed by atoms with Crippen LogP contribution in [-0.4, -0.2) is 39.8 Å². The summed E-state index contributed by atoms with van der Waals surface area (Å²) in [5.74, 6) is 0.136. The number of nitrogens with one attached hydrogen (secondary N) is 1. The third kappa shape index (κ3) is 5.02. The molecule has 0 saturated carbocycles. The number of anilines is 1. The smallest absolute Gasteiger partial charge is 0.241 e. The largest absolute Gasteiger partial charge is 0.497 e. The molecule has 1 unspecified atom stereocenters. The molecule has 0 bridgehead atoms. The minimum atomic E-state index is -3.80. The molecule has 3 rings (SSSR count). The van der Waals surface area contributed by atoms with Crippen molar-refractivity contribution in [1.29, 1.82) is 0 Å². The van der Waals surface area contributed by atoms with Crippen LogP contribution in [0.15, 0.2) is 42.5 Å². The van der Waals surface area contributed by atoms with Crippen LogP contribution in [0.2, 0.25) is 0 Å². The summed E-state index contributed by atoms with van der Waals surface area (Å²) < 4.78 is 50.2. The van der Waals surface area contributed by atoms with E-state index in [1.54, 1.807) is 19.2 Å². The first-order valence-corrected chi connectivity index (χ1v) is 11.2. The van der Waals surface area contributed by atoms with E-state index in [1.807, 2.05) is 19.9 Å². The fourth-order valence-electron chi connectivity index (χ4n) is 3.49. The Balaban J connectivity index is 1.84. The van der Waals surface area contributed by atoms with Crippen molar-refractivity contribution in [2.45, 2.75) is 31.9 Å². The van der Waals surface area contributed by atoms with Crippen LogP contribution in [0.25, 0.3) is 0 Å². The zero-order valence-corrected chi connectivity index (χ0v) is 18.1. The summed E-state index contributed by atoms with van der Waals surface area (Å²) >= 11 is 0. The van der Waals surface area contributed by atoms with Crippen LogP contribution >= 0.6 is 0 Å². The van der Waals surface area contributed by atoms with Gasteiger partial charge < -0.3 is 14.8 Å². The SMILES string of the molecule is COc1ccc2c(c1)OC(C)(C)CC2NC(=O)CN(c1cccc(F)c1)S(C)(=O)=O. The van der Waals surface area contributed by atoms with Crippen LogP contribution in [0.5, 0.6) is 11.5 Å². The zero-order valence-electron chi connectivity index (χ0n) is 17.3. The molecule has 1 aliphatic rings. The average molecular weight is 437 g/mol. The third-order valence-electron chi connectivity index (χ3n) is 4.80. The molecule has 2 aromatic rings. The molecular formula is C21H25FN2O5S. The van der Waals surface area contributed by atoms with Gasteiger partial charge in [0.25, 0.3) is 0 Å². The normalized spacial score (nSPS) is 17.4. The predicted molar refractivity (Wildman–Crippen MR) is 112 cm³/mol. The van der Waals surface area contributed by atoms with Gasteiger partial charge >= 0.3 is 0 Å². The molecule has 1 atom stereocenters. The maximum absolute atomic E-state index is 13.6. The quantitative estimate of drug-likeness (QED) is 0.753. The van der Waals surface area contributed by atoms with Crippen LogP contribution in [-0.2, 0) is 14.8 Å². The number of amides is 1. The molecule has 162 valence electrons. The molecule has 0 saturated heterocycles. The Morgan fingerprint density at radius 3 is 2.67 bits per heavy atom. The van der Waals surface area contributed by atoms with Crippen LogP contribution < -0.4 is 19.1 Å². The molecule has 1 amide bonds. The fourth-order valence-corrected chi connectivity index (χ4v) is 4.34. The number of ether oxygens (including phenoxy) is 2. The standard InChI is InChI=1S/C21H25FN2O5S/c1-21(2)12-18(17-9-8-16(28-3)11-19(17)29-21)23-20(25)13-24(30(4,26)27)15-7-5-6-14(22)10-15/h5-11,18H,12-13H2,1-4H3,(H,23,25). The molecule has 30 heavy (non-hydrogen) atoms. The third-order valence-corrected chi connectivity index (χ3v) is 5.94. The molecule has 0 radical (unpaired) electrons. The van der Waals surface area contributed by atoms with Gasteiger partial charge in [0, 0.05) is 18.1 Å². The van der Waals surface area contributed by atoms with Gasteiger partial charge in [-0.1, -0.05) is 6.07 Å². The van der Waals surface area contributed by atoms with E-state index in [0.29, 0.717) is 17.9 Å². The molecule has 2 aromatic carbocycles. The summed E-state index contributed by atoms with van der Waals surface area (Å²) in [5, 5.41) is 2.90. The highest BCUT2D eigenvalue weighted by atomic mass is 32.2. The lowest BCUT2D eigenvalue weighted by molar-refractivity contribution is -0.120. The number of nitrogens with zero attached hydrogens (tertiary/aromatic N) is 1. The number of carbonyl (C=O) groups excluding carboxylic acids is 1. The molecule has 7 nitrogen and oxygen atoms in total. The van der Waals surface area contributed by atoms with Crippen molar-refractivity contribution in [2.24, 2.45) is 0 Å². The van der Waals surface area contributed by atoms with Crippen LogP contribution in [0.3, 0.4) is 0 Å². The average Bonchev–Trinajstić information content (AvgIpc) is 2.63. The summed E-state index contributed by atoms with van der Waals surface area (Å²) in [6, 6.07) is 10.1. The number of benzene rings is 2. The molecule has 1 aliphatic heterocycles. The number of methoxy groups -OCH3 is 1. The first-order valence-electron chi connectivity index (χ1n) is 9.38. The van der Waals surface area contributed by atoms with Crippen molar-refractivity contribution in [2.75, 3.05) is 24.2 Å². The van der Waals surface area contributed by atoms with E-state index in [-0.39, 0.29) is 11.7 Å². The van der Waals surface area contributed by atoms with Gasteiger partial charge in [0.2, 0.25) is 15.9 Å². The van der Waals surface area contributed by atoms with E-state index in [9.17, 15) is 17.6 Å². The number of hydrogen-bond acceptors (Lipinski definition) is 5. The van der Waals surface area contributed by atoms with Crippen molar-refractivity contribution in [3.8, 4) is 11.5 Å². The maximum Gasteiger partial charge on any atom is 0.241 e. The topological polar surface area (TPSA) is 84.9 Å². The Kier molecular flexibility index (Phi) is 5.94. The highest BCUT2D eigenvalue weighted by Gasteiger charge is 2.35. The fraction of sp³-hybridized carbons (Fsp3) is 0.381. The number of halogens is 1. The molecule has 0 aromatic heterocycles. The Morgan fingerprint density at radius 2 is 2.03 bits per heavy atom. The van der Waals surface area contributed by atoms with Crippen LogP contribution in [0.1, 0.15) is 31.9 Å². The number of fused-ring (bicyclic) bond motifs is 1.